The Morgan fingerprint density at radius 3 is 2.52 bits per heavy atom. The van der Waals surface area contributed by atoms with E-state index in [1.54, 1.807) is 0 Å². The standard InChI is InChI=1S/C23H28N2O2/c26-22-17-25(14-13-24-15-18-7-2-1-3-8-18)16-19-9-4-5-12-21(19)23(22,27)20-10-6-11-20/h1-5,7-9,12,20,24,27H,6,10-11,13-17H2/t23-/m1/s1. The Kier molecular flexibility index (Phi) is 5.39. The van der Waals surface area contributed by atoms with Crippen LogP contribution in [0.4, 0.5) is 0 Å². The lowest BCUT2D eigenvalue weighted by molar-refractivity contribution is -0.149. The average molecular weight is 364 g/mol. The molecule has 2 N–H and O–H groups in total. The fourth-order valence-electron chi connectivity index (χ4n) is 4.30. The lowest BCUT2D eigenvalue weighted by atomic mass is 9.67. The van der Waals surface area contributed by atoms with Crippen LogP contribution < -0.4 is 5.32 Å². The van der Waals surface area contributed by atoms with E-state index in [4.69, 9.17) is 0 Å². The average Bonchev–Trinajstić information content (AvgIpc) is 2.74. The van der Waals surface area contributed by atoms with Gasteiger partial charge in [-0.2, -0.15) is 0 Å². The molecule has 4 nitrogen and oxygen atoms in total. The van der Waals surface area contributed by atoms with Gasteiger partial charge in [0.05, 0.1) is 6.54 Å². The van der Waals surface area contributed by atoms with Crippen LogP contribution in [-0.4, -0.2) is 35.4 Å². The number of rotatable bonds is 6. The summed E-state index contributed by atoms with van der Waals surface area (Å²) in [6.45, 7) is 3.45. The van der Waals surface area contributed by atoms with Gasteiger partial charge in [0, 0.05) is 26.2 Å². The number of carbonyl (C=O) groups excluding carboxylic acids is 1. The summed E-state index contributed by atoms with van der Waals surface area (Å²) >= 11 is 0. The van der Waals surface area contributed by atoms with Gasteiger partial charge in [-0.1, -0.05) is 61.0 Å². The second-order valence-electron chi connectivity index (χ2n) is 7.85. The number of Topliss-reactive ketones (excluding diaryl/α,β-unsaturated/α-hetero) is 1. The van der Waals surface area contributed by atoms with Crippen LogP contribution in [0.3, 0.4) is 0 Å². The van der Waals surface area contributed by atoms with Crippen LogP contribution in [0.2, 0.25) is 0 Å². The minimum Gasteiger partial charge on any atom is -0.377 e. The molecule has 1 fully saturated rings. The number of carbonyl (C=O) groups is 1. The number of nitrogens with zero attached hydrogens (tertiary/aromatic N) is 1. The third-order valence-electron chi connectivity index (χ3n) is 6.09. The zero-order valence-corrected chi connectivity index (χ0v) is 15.7. The van der Waals surface area contributed by atoms with Crippen molar-refractivity contribution in [3.63, 3.8) is 0 Å². The van der Waals surface area contributed by atoms with Gasteiger partial charge in [0.2, 0.25) is 0 Å². The van der Waals surface area contributed by atoms with Crippen LogP contribution in [0.15, 0.2) is 54.6 Å². The first-order chi connectivity index (χ1) is 13.2. The summed E-state index contributed by atoms with van der Waals surface area (Å²) in [4.78, 5) is 15.2. The first kappa shape index (κ1) is 18.4. The summed E-state index contributed by atoms with van der Waals surface area (Å²) in [7, 11) is 0. The molecule has 1 aliphatic carbocycles. The topological polar surface area (TPSA) is 52.6 Å². The molecule has 2 aliphatic rings. The zero-order chi connectivity index (χ0) is 18.7. The van der Waals surface area contributed by atoms with Crippen molar-refractivity contribution in [3.8, 4) is 0 Å². The number of ketones is 1. The Balaban J connectivity index is 1.43. The summed E-state index contributed by atoms with van der Waals surface area (Å²) in [5.41, 5.74) is 1.87. The molecule has 2 aromatic carbocycles. The molecule has 4 heteroatoms. The molecule has 0 spiro atoms. The molecule has 142 valence electrons. The molecular weight excluding hydrogens is 336 g/mol. The van der Waals surface area contributed by atoms with E-state index in [-0.39, 0.29) is 11.7 Å². The molecule has 1 aliphatic heterocycles. The molecule has 0 bridgehead atoms. The van der Waals surface area contributed by atoms with Gasteiger partial charge >= 0.3 is 0 Å². The normalized spacial score (nSPS) is 23.5. The largest absolute Gasteiger partial charge is 0.377 e. The summed E-state index contributed by atoms with van der Waals surface area (Å²) in [5, 5.41) is 14.9. The maximum absolute atomic E-state index is 13.1. The highest BCUT2D eigenvalue weighted by Gasteiger charge is 2.49. The second-order valence-corrected chi connectivity index (χ2v) is 7.85. The van der Waals surface area contributed by atoms with Gasteiger partial charge in [-0.25, -0.2) is 0 Å². The summed E-state index contributed by atoms with van der Waals surface area (Å²) in [6.07, 6.45) is 2.99. The van der Waals surface area contributed by atoms with Gasteiger partial charge in [-0.15, -0.1) is 0 Å². The van der Waals surface area contributed by atoms with Crippen molar-refractivity contribution in [1.82, 2.24) is 10.2 Å². The van der Waals surface area contributed by atoms with Crippen molar-refractivity contribution in [2.24, 2.45) is 5.92 Å². The van der Waals surface area contributed by atoms with E-state index in [9.17, 15) is 9.90 Å². The molecule has 0 radical (unpaired) electrons. The molecule has 0 amide bonds. The molecule has 27 heavy (non-hydrogen) atoms. The van der Waals surface area contributed by atoms with Crippen LogP contribution >= 0.6 is 0 Å². The van der Waals surface area contributed by atoms with E-state index in [1.165, 1.54) is 5.56 Å². The SMILES string of the molecule is O=C1CN(CCNCc2ccccc2)Cc2ccccc2[C@]1(O)C1CCC1. The van der Waals surface area contributed by atoms with Crippen molar-refractivity contribution in [2.75, 3.05) is 19.6 Å². The van der Waals surface area contributed by atoms with E-state index in [0.29, 0.717) is 13.1 Å². The fraction of sp³-hybridized carbons (Fsp3) is 0.435. The van der Waals surface area contributed by atoms with Crippen LogP contribution in [0, 0.1) is 5.92 Å². The maximum atomic E-state index is 13.1. The van der Waals surface area contributed by atoms with Crippen molar-refractivity contribution >= 4 is 5.78 Å². The van der Waals surface area contributed by atoms with Crippen LogP contribution in [0.25, 0.3) is 0 Å². The lowest BCUT2D eigenvalue weighted by Gasteiger charge is -2.40. The Labute approximate surface area is 161 Å². The van der Waals surface area contributed by atoms with Gasteiger partial charge in [-0.3, -0.25) is 9.69 Å². The summed E-state index contributed by atoms with van der Waals surface area (Å²) in [5.74, 6) is 0.0301. The maximum Gasteiger partial charge on any atom is 0.183 e. The van der Waals surface area contributed by atoms with E-state index >= 15 is 0 Å². The van der Waals surface area contributed by atoms with Gasteiger partial charge in [0.15, 0.2) is 11.4 Å². The molecule has 0 saturated heterocycles. The number of fused-ring (bicyclic) bond motifs is 1. The molecule has 0 unspecified atom stereocenters. The smallest absolute Gasteiger partial charge is 0.183 e. The predicted molar refractivity (Wildman–Crippen MR) is 106 cm³/mol. The molecular formula is C23H28N2O2. The number of benzene rings is 2. The predicted octanol–water partition coefficient (Wildman–Crippen LogP) is 2.85. The molecule has 1 atom stereocenters. The van der Waals surface area contributed by atoms with Crippen LogP contribution in [0.5, 0.6) is 0 Å². The Morgan fingerprint density at radius 2 is 1.78 bits per heavy atom. The zero-order valence-electron chi connectivity index (χ0n) is 15.7. The highest BCUT2D eigenvalue weighted by molar-refractivity contribution is 5.91. The number of hydrogen-bond donors (Lipinski definition) is 2. The highest BCUT2D eigenvalue weighted by atomic mass is 16.3. The van der Waals surface area contributed by atoms with E-state index < -0.39 is 5.60 Å². The number of aliphatic hydroxyl groups is 1. The van der Waals surface area contributed by atoms with Crippen molar-refractivity contribution in [1.29, 1.82) is 0 Å². The minimum absolute atomic E-state index is 0.0415. The summed E-state index contributed by atoms with van der Waals surface area (Å²) < 4.78 is 0. The molecule has 0 aromatic heterocycles. The van der Waals surface area contributed by atoms with E-state index in [2.05, 4.69) is 28.4 Å². The molecule has 1 heterocycles. The van der Waals surface area contributed by atoms with Gasteiger partial charge in [-0.05, 0) is 35.4 Å². The van der Waals surface area contributed by atoms with Gasteiger partial charge < -0.3 is 10.4 Å². The van der Waals surface area contributed by atoms with E-state index in [1.807, 2.05) is 36.4 Å². The quantitative estimate of drug-likeness (QED) is 0.774. The molecule has 4 rings (SSSR count). The Hall–Kier alpha value is -2.01. The van der Waals surface area contributed by atoms with Crippen LogP contribution in [-0.2, 0) is 23.5 Å². The summed E-state index contributed by atoms with van der Waals surface area (Å²) in [6, 6.07) is 18.3. The monoisotopic (exact) mass is 364 g/mol. The van der Waals surface area contributed by atoms with Crippen molar-refractivity contribution in [3.05, 3.63) is 71.3 Å². The first-order valence-corrected chi connectivity index (χ1v) is 9.99. The highest BCUT2D eigenvalue weighted by Crippen LogP contribution is 2.45. The van der Waals surface area contributed by atoms with E-state index in [0.717, 1.165) is 50.0 Å². The first-order valence-electron chi connectivity index (χ1n) is 9.99. The third-order valence-corrected chi connectivity index (χ3v) is 6.09. The Bertz CT molecular complexity index is 788. The Morgan fingerprint density at radius 1 is 1.04 bits per heavy atom. The lowest BCUT2D eigenvalue weighted by Crippen LogP contribution is -2.48. The number of nitrogens with one attached hydrogen (secondary N) is 1. The van der Waals surface area contributed by atoms with Crippen molar-refractivity contribution < 1.29 is 9.90 Å². The fourth-order valence-corrected chi connectivity index (χ4v) is 4.30. The van der Waals surface area contributed by atoms with Crippen molar-refractivity contribution in [2.45, 2.75) is 38.0 Å². The minimum atomic E-state index is -1.30. The second kappa shape index (κ2) is 7.93. The van der Waals surface area contributed by atoms with Gasteiger partial charge in [0.1, 0.15) is 0 Å². The van der Waals surface area contributed by atoms with Crippen LogP contribution in [0.1, 0.15) is 36.0 Å². The molecule has 2 aromatic rings. The third kappa shape index (κ3) is 3.70. The van der Waals surface area contributed by atoms with Gasteiger partial charge in [0.25, 0.3) is 0 Å². The molecule has 1 saturated carbocycles. The number of hydrogen-bond acceptors (Lipinski definition) is 4.